The van der Waals surface area contributed by atoms with E-state index in [4.69, 9.17) is 0 Å². The number of nitrogens with zero attached hydrogens (tertiary/aromatic N) is 1. The van der Waals surface area contributed by atoms with E-state index in [2.05, 4.69) is 48.4 Å². The molecule has 0 amide bonds. The Labute approximate surface area is 103 Å². The van der Waals surface area contributed by atoms with Crippen LogP contribution in [0, 0.1) is 0 Å². The van der Waals surface area contributed by atoms with Gasteiger partial charge in [0.05, 0.1) is 0 Å². The summed E-state index contributed by atoms with van der Waals surface area (Å²) in [5.74, 6) is 0. The molecule has 1 aromatic carbocycles. The topological polar surface area (TPSA) is 3.24 Å². The molecular formula is C10H11F6NSb-. The van der Waals surface area contributed by atoms with Crippen molar-refractivity contribution in [1.29, 1.82) is 0 Å². The number of halogens is 6. The number of hydrogen-bond acceptors (Lipinski definition) is 1. The molecule has 104 valence electrons. The van der Waals surface area contributed by atoms with E-state index in [1.807, 2.05) is 0 Å². The number of rotatable bonds is 0. The number of likely N-dealkylation sites (N-methyl/N-ethyl adjacent to an activating group) is 1. The Balaban J connectivity index is 0.000000203. The summed E-state index contributed by atoms with van der Waals surface area (Å²) in [7, 11) is 2.11. The fourth-order valence-electron chi connectivity index (χ4n) is 1.41. The monoisotopic (exact) mass is 380 g/mol. The zero-order valence-corrected chi connectivity index (χ0v) is 11.9. The van der Waals surface area contributed by atoms with Crippen LogP contribution < -0.4 is 4.90 Å². The number of para-hydroxylation sites is 1. The van der Waals surface area contributed by atoms with Crippen molar-refractivity contribution in [2.75, 3.05) is 18.5 Å². The first-order chi connectivity index (χ1) is 7.83. The zero-order valence-electron chi connectivity index (χ0n) is 9.33. The third kappa shape index (κ3) is 7.48. The summed E-state index contributed by atoms with van der Waals surface area (Å²) in [4.78, 5) is 2.25. The summed E-state index contributed by atoms with van der Waals surface area (Å²) in [6, 6.07) is 8.44. The summed E-state index contributed by atoms with van der Waals surface area (Å²) < 4.78 is 59.6. The Morgan fingerprint density at radius 1 is 1.00 bits per heavy atom. The Hall–Kier alpha value is -0.842. The predicted octanol–water partition coefficient (Wildman–Crippen LogP) is 4.29. The van der Waals surface area contributed by atoms with Crippen LogP contribution in [0.2, 0.25) is 0 Å². The van der Waals surface area contributed by atoms with Crippen molar-refractivity contribution in [1.82, 2.24) is 0 Å². The maximum absolute atomic E-state index is 11.2. The van der Waals surface area contributed by atoms with Crippen molar-refractivity contribution < 1.29 is 16.9 Å². The molecule has 0 saturated carbocycles. The van der Waals surface area contributed by atoms with Gasteiger partial charge in [0, 0.05) is 19.3 Å². The predicted molar refractivity (Wildman–Crippen MR) is 61.1 cm³/mol. The molecule has 0 aromatic heterocycles. The van der Waals surface area contributed by atoms with E-state index in [1.165, 1.54) is 11.3 Å². The van der Waals surface area contributed by atoms with Gasteiger partial charge in [-0.15, -0.1) is 0 Å². The molecule has 1 aliphatic rings. The molecule has 0 aliphatic carbocycles. The summed E-state index contributed by atoms with van der Waals surface area (Å²) in [5, 5.41) is 0. The molecule has 8 heteroatoms. The third-order valence-electron chi connectivity index (χ3n) is 2.02. The second-order valence-corrected chi connectivity index (χ2v) is 9.27. The molecule has 0 radical (unpaired) electrons. The Kier molecular flexibility index (Phi) is 3.45. The van der Waals surface area contributed by atoms with Gasteiger partial charge in [-0.1, -0.05) is 30.4 Å². The van der Waals surface area contributed by atoms with Crippen molar-refractivity contribution in [2.24, 2.45) is 0 Å². The Morgan fingerprint density at radius 3 is 2.00 bits per heavy atom. The quantitative estimate of drug-likeness (QED) is 0.479. The molecule has 1 aliphatic heterocycles. The van der Waals surface area contributed by atoms with Crippen molar-refractivity contribution >= 4 is 31.2 Å². The molecule has 0 atom stereocenters. The molecule has 0 N–H and O–H groups in total. The van der Waals surface area contributed by atoms with Gasteiger partial charge in [-0.3, -0.25) is 0 Å². The molecule has 0 bridgehead atoms. The average Bonchev–Trinajstić information content (AvgIpc) is 2.14. The first-order valence-electron chi connectivity index (χ1n) is 4.86. The summed E-state index contributed by atoms with van der Waals surface area (Å²) in [6.45, 7) is 1.02. The van der Waals surface area contributed by atoms with Gasteiger partial charge in [-0.25, -0.2) is 0 Å². The molecule has 0 fully saturated rings. The van der Waals surface area contributed by atoms with Crippen LogP contribution in [0.4, 0.5) is 22.6 Å². The Morgan fingerprint density at radius 2 is 1.50 bits per heavy atom. The summed E-state index contributed by atoms with van der Waals surface area (Å²) >= 11 is -11.2. The molecule has 1 heterocycles. The van der Waals surface area contributed by atoms with Gasteiger partial charge in [0.15, 0.2) is 0 Å². The van der Waals surface area contributed by atoms with E-state index in [0.29, 0.717) is 0 Å². The van der Waals surface area contributed by atoms with Gasteiger partial charge in [-0.2, -0.15) is 0 Å². The number of benzene rings is 1. The maximum atomic E-state index is 9.93. The molecule has 0 unspecified atom stereocenters. The van der Waals surface area contributed by atoms with Crippen LogP contribution in [0.5, 0.6) is 0 Å². The first kappa shape index (κ1) is 15.2. The third-order valence-corrected chi connectivity index (χ3v) is 2.02. The standard InChI is InChI=1S/C10H11N.6FH.Sb/c1-11-8-4-6-9-5-2-3-7-10(9)11;;;;;;;/h2-7H,8H2,1H3;6*1H;/q;;;;;;;+5/p-6. The van der Waals surface area contributed by atoms with E-state index >= 15 is 0 Å². The van der Waals surface area contributed by atoms with Crippen LogP contribution in [0.25, 0.3) is 6.08 Å². The van der Waals surface area contributed by atoms with Crippen LogP contribution in [-0.2, 0) is 0 Å². The van der Waals surface area contributed by atoms with Crippen LogP contribution in [-0.4, -0.2) is 33.1 Å². The van der Waals surface area contributed by atoms with Crippen LogP contribution in [0.3, 0.4) is 0 Å². The van der Waals surface area contributed by atoms with E-state index in [1.54, 1.807) is 0 Å². The van der Waals surface area contributed by atoms with Crippen LogP contribution >= 0.6 is 0 Å². The fraction of sp³-hybridized carbons (Fsp3) is 0.200. The summed E-state index contributed by atoms with van der Waals surface area (Å²) in [6.07, 6.45) is 4.36. The minimum absolute atomic E-state index is 1.02. The number of anilines is 1. The van der Waals surface area contributed by atoms with Crippen molar-refractivity contribution in [3.63, 3.8) is 0 Å². The molecule has 2 rings (SSSR count). The summed E-state index contributed by atoms with van der Waals surface area (Å²) in [5.41, 5.74) is 2.65. The first-order valence-corrected chi connectivity index (χ1v) is 10.6. The Bertz CT molecular complexity index is 452. The number of hydrogen-bond donors (Lipinski definition) is 0. The molecule has 1 aromatic rings. The van der Waals surface area contributed by atoms with Crippen LogP contribution in [0.1, 0.15) is 5.56 Å². The van der Waals surface area contributed by atoms with Crippen LogP contribution in [0.15, 0.2) is 30.3 Å². The van der Waals surface area contributed by atoms with E-state index in [-0.39, 0.29) is 0 Å². The van der Waals surface area contributed by atoms with Crippen molar-refractivity contribution in [3.8, 4) is 0 Å². The molecule has 0 spiro atoms. The van der Waals surface area contributed by atoms with Gasteiger partial charge < -0.3 is 4.90 Å². The average molecular weight is 381 g/mol. The zero-order chi connectivity index (χ0) is 14.1. The van der Waals surface area contributed by atoms with Crippen molar-refractivity contribution in [3.05, 3.63) is 35.9 Å². The minimum atomic E-state index is -11.2. The fourth-order valence-corrected chi connectivity index (χ4v) is 1.41. The van der Waals surface area contributed by atoms with Gasteiger partial charge in [0.2, 0.25) is 0 Å². The van der Waals surface area contributed by atoms with E-state index in [0.717, 1.165) is 6.54 Å². The molecule has 0 saturated heterocycles. The van der Waals surface area contributed by atoms with Gasteiger partial charge >= 0.3 is 36.4 Å². The van der Waals surface area contributed by atoms with Gasteiger partial charge in [0.1, 0.15) is 0 Å². The molecular weight excluding hydrogens is 370 g/mol. The second-order valence-electron chi connectivity index (χ2n) is 3.80. The SMILES string of the molecule is CN1CC=Cc2ccccc21.[F][Sb-]([F])([F])([F])([F])[F]. The molecule has 18 heavy (non-hydrogen) atoms. The van der Waals surface area contributed by atoms with Crippen molar-refractivity contribution in [2.45, 2.75) is 0 Å². The second kappa shape index (κ2) is 4.08. The normalized spacial score (nSPS) is 18.1. The van der Waals surface area contributed by atoms with E-state index in [9.17, 15) is 16.9 Å². The van der Waals surface area contributed by atoms with Gasteiger partial charge in [0.25, 0.3) is 0 Å². The number of fused-ring (bicyclic) bond motifs is 1. The molecule has 1 nitrogen and oxygen atoms in total. The van der Waals surface area contributed by atoms with Gasteiger partial charge in [-0.05, 0) is 11.6 Å². The van der Waals surface area contributed by atoms with E-state index < -0.39 is 19.5 Å².